The number of ether oxygens (including phenoxy) is 2. The maximum Gasteiger partial charge on any atom is 0.269 e. The Morgan fingerprint density at radius 1 is 1.10 bits per heavy atom. The molecule has 3 aromatic carbocycles. The van der Waals surface area contributed by atoms with Gasteiger partial charge in [-0.05, 0) is 53.6 Å². The molecule has 0 saturated carbocycles. The number of benzene rings is 3. The molecule has 0 bridgehead atoms. The molecule has 1 aliphatic heterocycles. The molecule has 3 aromatic rings. The van der Waals surface area contributed by atoms with Gasteiger partial charge in [0.25, 0.3) is 5.69 Å². The van der Waals surface area contributed by atoms with Crippen molar-refractivity contribution in [3.63, 3.8) is 0 Å². The molecule has 0 fully saturated rings. The van der Waals surface area contributed by atoms with Gasteiger partial charge in [0, 0.05) is 27.1 Å². The van der Waals surface area contributed by atoms with E-state index in [0.717, 1.165) is 20.5 Å². The minimum absolute atomic E-state index is 0.00460. The molecule has 0 atom stereocenters. The third-order valence-electron chi connectivity index (χ3n) is 4.69. The number of methoxy groups -OCH3 is 1. The van der Waals surface area contributed by atoms with Crippen LogP contribution in [0, 0.1) is 10.1 Å². The van der Waals surface area contributed by atoms with Gasteiger partial charge >= 0.3 is 0 Å². The largest absolute Gasteiger partial charge is 0.493 e. The number of fused-ring (bicyclic) bond motifs is 1. The Morgan fingerprint density at radius 2 is 1.84 bits per heavy atom. The van der Waals surface area contributed by atoms with Gasteiger partial charge in [0.2, 0.25) is 5.78 Å². The van der Waals surface area contributed by atoms with Gasteiger partial charge in [-0.25, -0.2) is 0 Å². The van der Waals surface area contributed by atoms with Crippen LogP contribution < -0.4 is 9.47 Å². The van der Waals surface area contributed by atoms with Crippen LogP contribution >= 0.6 is 27.7 Å². The van der Waals surface area contributed by atoms with Crippen molar-refractivity contribution in [1.29, 1.82) is 0 Å². The Bertz CT molecular complexity index is 1210. The van der Waals surface area contributed by atoms with Crippen molar-refractivity contribution >= 4 is 45.2 Å². The highest BCUT2D eigenvalue weighted by Gasteiger charge is 2.25. The number of hydrogen-bond acceptors (Lipinski definition) is 6. The number of carbonyl (C=O) groups excluding carboxylic acids is 1. The van der Waals surface area contributed by atoms with E-state index in [1.165, 1.54) is 23.9 Å². The lowest BCUT2D eigenvalue weighted by Gasteiger charge is -2.13. The minimum atomic E-state index is -0.441. The first-order valence-electron chi connectivity index (χ1n) is 9.23. The zero-order valence-electron chi connectivity index (χ0n) is 16.3. The molecule has 0 spiro atoms. The molecular formula is C23H16BrNO5S. The average Bonchev–Trinajstić information content (AvgIpc) is 3.09. The molecule has 1 aliphatic rings. The molecule has 0 radical (unpaired) electrons. The van der Waals surface area contributed by atoms with E-state index in [2.05, 4.69) is 15.9 Å². The van der Waals surface area contributed by atoms with Gasteiger partial charge in [0.15, 0.2) is 11.5 Å². The van der Waals surface area contributed by atoms with E-state index in [1.807, 2.05) is 30.3 Å². The number of halogens is 1. The van der Waals surface area contributed by atoms with Gasteiger partial charge in [-0.1, -0.05) is 39.8 Å². The highest BCUT2D eigenvalue weighted by Crippen LogP contribution is 2.42. The molecule has 8 heteroatoms. The number of Topliss-reactive ketones (excluding diaryl/α,β-unsaturated/α-hetero) is 1. The van der Waals surface area contributed by atoms with Crippen LogP contribution in [0.2, 0.25) is 0 Å². The first-order chi connectivity index (χ1) is 15.0. The Balaban J connectivity index is 1.55. The van der Waals surface area contributed by atoms with Crippen LogP contribution in [0.1, 0.15) is 21.5 Å². The van der Waals surface area contributed by atoms with Crippen molar-refractivity contribution < 1.29 is 19.2 Å². The fourth-order valence-electron chi connectivity index (χ4n) is 3.09. The summed E-state index contributed by atoms with van der Waals surface area (Å²) in [7, 11) is 1.55. The topological polar surface area (TPSA) is 78.7 Å². The van der Waals surface area contributed by atoms with E-state index < -0.39 is 4.92 Å². The van der Waals surface area contributed by atoms with Crippen LogP contribution in [-0.2, 0) is 6.61 Å². The second-order valence-corrected chi connectivity index (χ2v) is 8.61. The number of thioether (sulfide) groups is 1. The fourth-order valence-corrected chi connectivity index (χ4v) is 4.57. The lowest BCUT2D eigenvalue weighted by atomic mass is 10.1. The number of rotatable bonds is 6. The van der Waals surface area contributed by atoms with Gasteiger partial charge in [-0.2, -0.15) is 0 Å². The summed E-state index contributed by atoms with van der Waals surface area (Å²) < 4.78 is 12.1. The lowest BCUT2D eigenvalue weighted by Crippen LogP contribution is -1.99. The highest BCUT2D eigenvalue weighted by atomic mass is 79.9. The number of carbonyl (C=O) groups is 1. The summed E-state index contributed by atoms with van der Waals surface area (Å²) in [5.41, 5.74) is 2.33. The van der Waals surface area contributed by atoms with Crippen molar-refractivity contribution in [2.24, 2.45) is 0 Å². The summed E-state index contributed by atoms with van der Waals surface area (Å²) in [5, 5.41) is 10.8. The molecule has 0 aromatic heterocycles. The average molecular weight is 498 g/mol. The van der Waals surface area contributed by atoms with Gasteiger partial charge in [-0.3, -0.25) is 14.9 Å². The van der Waals surface area contributed by atoms with E-state index in [1.54, 1.807) is 31.4 Å². The summed E-state index contributed by atoms with van der Waals surface area (Å²) >= 11 is 5.00. The monoisotopic (exact) mass is 497 g/mol. The number of ketones is 1. The van der Waals surface area contributed by atoms with Gasteiger partial charge < -0.3 is 9.47 Å². The van der Waals surface area contributed by atoms with Crippen LogP contribution in [0.3, 0.4) is 0 Å². The zero-order valence-corrected chi connectivity index (χ0v) is 18.7. The molecule has 0 aliphatic carbocycles. The number of hydrogen-bond donors (Lipinski definition) is 0. The van der Waals surface area contributed by atoms with Gasteiger partial charge in [0.1, 0.15) is 6.61 Å². The van der Waals surface area contributed by atoms with E-state index in [4.69, 9.17) is 9.47 Å². The van der Waals surface area contributed by atoms with E-state index in [9.17, 15) is 14.9 Å². The van der Waals surface area contributed by atoms with Crippen molar-refractivity contribution in [3.05, 3.63) is 96.8 Å². The number of nitro benzene ring substituents is 1. The lowest BCUT2D eigenvalue weighted by molar-refractivity contribution is -0.384. The van der Waals surface area contributed by atoms with Crippen LogP contribution in [0.5, 0.6) is 11.5 Å². The van der Waals surface area contributed by atoms with Crippen molar-refractivity contribution in [2.75, 3.05) is 7.11 Å². The first kappa shape index (κ1) is 21.1. The third-order valence-corrected chi connectivity index (χ3v) is 6.47. The number of nitrogens with zero attached hydrogens (tertiary/aromatic N) is 1. The summed E-state index contributed by atoms with van der Waals surface area (Å²) in [6.45, 7) is 0.227. The van der Waals surface area contributed by atoms with E-state index >= 15 is 0 Å². The predicted molar refractivity (Wildman–Crippen MR) is 123 cm³/mol. The Morgan fingerprint density at radius 3 is 2.52 bits per heavy atom. The van der Waals surface area contributed by atoms with Crippen LogP contribution in [0.25, 0.3) is 6.08 Å². The third kappa shape index (κ3) is 4.50. The Hall–Kier alpha value is -3.10. The van der Waals surface area contributed by atoms with Crippen molar-refractivity contribution in [3.8, 4) is 11.5 Å². The van der Waals surface area contributed by atoms with Gasteiger partial charge in [-0.15, -0.1) is 0 Å². The zero-order chi connectivity index (χ0) is 22.0. The van der Waals surface area contributed by atoms with Crippen molar-refractivity contribution in [2.45, 2.75) is 11.5 Å². The SMILES string of the molecule is COc1cc(/C=C2\Sc3ccccc3C2=O)c(Br)cc1OCc1ccc([N+](=O)[O-])cc1. The summed E-state index contributed by atoms with van der Waals surface area (Å²) in [6.07, 6.45) is 1.83. The first-order valence-corrected chi connectivity index (χ1v) is 10.8. The molecule has 0 N–H and O–H groups in total. The smallest absolute Gasteiger partial charge is 0.269 e. The van der Waals surface area contributed by atoms with E-state index in [-0.39, 0.29) is 18.1 Å². The maximum absolute atomic E-state index is 12.7. The quantitative estimate of drug-likeness (QED) is 0.226. The standard InChI is InChI=1S/C23H16BrNO5S/c1-29-19-10-15(11-22-23(26)17-4-2-3-5-21(17)31-22)18(24)12-20(19)30-13-14-6-8-16(9-7-14)25(27)28/h2-12H,13H2,1H3/b22-11-. The van der Waals surface area contributed by atoms with Crippen LogP contribution in [0.15, 0.2) is 74.9 Å². The second kappa shape index (κ2) is 8.95. The Kier molecular flexibility index (Phi) is 6.11. The molecule has 0 amide bonds. The van der Waals surface area contributed by atoms with E-state index in [0.29, 0.717) is 22.0 Å². The molecule has 4 rings (SSSR count). The second-order valence-electron chi connectivity index (χ2n) is 6.67. The number of allylic oxidation sites excluding steroid dienone is 1. The van der Waals surface area contributed by atoms with Gasteiger partial charge in [0.05, 0.1) is 16.9 Å². The molecule has 6 nitrogen and oxygen atoms in total. The molecular weight excluding hydrogens is 482 g/mol. The summed E-state index contributed by atoms with van der Waals surface area (Å²) in [4.78, 5) is 24.6. The Labute approximate surface area is 191 Å². The normalized spacial score (nSPS) is 13.9. The molecule has 0 unspecified atom stereocenters. The molecule has 31 heavy (non-hydrogen) atoms. The summed E-state index contributed by atoms with van der Waals surface area (Å²) in [5.74, 6) is 1.04. The van der Waals surface area contributed by atoms with Crippen molar-refractivity contribution in [1.82, 2.24) is 0 Å². The van der Waals surface area contributed by atoms with Crippen LogP contribution in [-0.4, -0.2) is 17.8 Å². The molecule has 0 saturated heterocycles. The number of nitro groups is 1. The van der Waals surface area contributed by atoms with Crippen LogP contribution in [0.4, 0.5) is 5.69 Å². The maximum atomic E-state index is 12.7. The predicted octanol–water partition coefficient (Wildman–Crippen LogP) is 6.27. The molecule has 1 heterocycles. The highest BCUT2D eigenvalue weighted by molar-refractivity contribution is 9.10. The summed E-state index contributed by atoms with van der Waals surface area (Å²) in [6, 6.07) is 17.3. The minimum Gasteiger partial charge on any atom is -0.493 e. The number of non-ortho nitro benzene ring substituents is 1. The fraction of sp³-hybridized carbons (Fsp3) is 0.0870. The molecule has 156 valence electrons.